The Hall–Kier alpha value is -8.28. The molecular formula is C93H105F27N3O19S8+. The normalized spacial score (nSPS) is 18.8. The molecule has 0 bridgehead atoms. The second-order valence-electron chi connectivity index (χ2n) is 36.1. The first-order chi connectivity index (χ1) is 68.8. The summed E-state index contributed by atoms with van der Waals surface area (Å²) in [5.74, 6) is -41.6. The van der Waals surface area contributed by atoms with E-state index in [1.54, 1.807) is 21.0 Å². The zero-order chi connectivity index (χ0) is 114. The standard InChI is InChI=1S/C23H31O3S.C22H20F3O2S.C17H9F10O2S.2C12H17F6NO5S2.C7H13F2NO2S/c1-8-26-21(24)23(5,6)27(20-15-11-18(25-7)12-16-20)19-13-9-17(10-14-19)22(2,3)4;1-3-27-21(26)15(2)28(19-12-9-18(10-13-19)22(23,24)25)20-11-8-16-6-4-5-7-17(16)14-20;1-3-29-17(28)4(2)30(15-11(24)7(20)5(18)8(21)12(15)25)16-13(26)9(22)6(19)10(23)14(16)27;2*13-10(14,12(17,18)26(22,23)24)11(15,16)25(20,21)19-6-5-8-3-1-2-4-9(8)7-19;1-7(8,9)13(11,12)10-5-3-2-4-6-10/h9-16H,8H2,1-7H3;4-15H,3H2,1-2H3;4H,3H2,1-2H3;2*8-9H,1-7H2,(H,22,23,24);2-6H2,1H3/q3*+1;;;/p-2. The van der Waals surface area contributed by atoms with Crippen molar-refractivity contribution in [2.45, 2.75) is 254 Å². The molecule has 3 heterocycles. The van der Waals surface area contributed by atoms with Crippen LogP contribution in [0.5, 0.6) is 5.75 Å². The highest BCUT2D eigenvalue weighted by Gasteiger charge is 2.82. The van der Waals surface area contributed by atoms with E-state index >= 15 is 0 Å². The van der Waals surface area contributed by atoms with Crippen LogP contribution in [0.3, 0.4) is 0 Å². The zero-order valence-electron chi connectivity index (χ0n) is 81.6. The molecule has 5 fully saturated rings. The number of alkyl halides is 17. The molecule has 22 nitrogen and oxygen atoms in total. The van der Waals surface area contributed by atoms with Crippen molar-refractivity contribution >= 4 is 112 Å². The number of piperidine rings is 3. The van der Waals surface area contributed by atoms with Gasteiger partial charge in [0, 0.05) is 52.3 Å². The third kappa shape index (κ3) is 27.7. The van der Waals surface area contributed by atoms with Crippen molar-refractivity contribution in [3.05, 3.63) is 185 Å². The molecule has 0 amide bonds. The second kappa shape index (κ2) is 49.9. The van der Waals surface area contributed by atoms with Gasteiger partial charge in [0.15, 0.2) is 39.8 Å². The fourth-order valence-corrected chi connectivity index (χ4v) is 28.8. The van der Waals surface area contributed by atoms with Gasteiger partial charge in [-0.3, -0.25) is 0 Å². The van der Waals surface area contributed by atoms with Crippen LogP contribution >= 0.6 is 0 Å². The molecule has 57 heteroatoms. The Balaban J connectivity index is 0.000000246. The molecule has 8 atom stereocenters. The summed E-state index contributed by atoms with van der Waals surface area (Å²) in [4.78, 5) is 37.1. The smallest absolute Gasteiger partial charge is 0.428 e. The molecule has 7 aromatic carbocycles. The Kier molecular flexibility index (Phi) is 42.8. The summed E-state index contributed by atoms with van der Waals surface area (Å²) in [6.07, 6.45) is 3.55. The van der Waals surface area contributed by atoms with Gasteiger partial charge < -0.3 is 28.1 Å². The van der Waals surface area contributed by atoms with E-state index < -0.39 is 248 Å². The monoisotopic (exact) mass is 2340 g/mol. The van der Waals surface area contributed by atoms with Crippen molar-refractivity contribution < 1.29 is 203 Å². The van der Waals surface area contributed by atoms with Crippen LogP contribution in [0.4, 0.5) is 119 Å². The molecule has 0 aromatic heterocycles. The van der Waals surface area contributed by atoms with Crippen LogP contribution in [0, 0.1) is 81.8 Å². The number of carbonyl (C=O) groups excluding carboxylic acids is 3. The number of nitrogens with zero attached hydrogens (tertiary/aromatic N) is 3. The van der Waals surface area contributed by atoms with Crippen LogP contribution in [0.25, 0.3) is 10.8 Å². The quantitative estimate of drug-likeness (QED) is 0.00836. The summed E-state index contributed by atoms with van der Waals surface area (Å²) in [6.45, 7) is 16.7. The van der Waals surface area contributed by atoms with E-state index in [1.165, 1.54) is 24.6 Å². The topological polar surface area (TPSA) is 315 Å². The molecule has 3 aliphatic heterocycles. The summed E-state index contributed by atoms with van der Waals surface area (Å²) in [6, 6.07) is 35.4. The maximum Gasteiger partial charge on any atom is 0.428 e. The van der Waals surface area contributed by atoms with Gasteiger partial charge in [-0.1, -0.05) is 102 Å². The number of sulfonamides is 3. The Morgan fingerprint density at radius 3 is 1.05 bits per heavy atom. The van der Waals surface area contributed by atoms with Gasteiger partial charge in [0.1, 0.15) is 5.75 Å². The van der Waals surface area contributed by atoms with E-state index in [0.717, 1.165) is 79.8 Å². The van der Waals surface area contributed by atoms with Gasteiger partial charge in [-0.2, -0.15) is 105 Å². The van der Waals surface area contributed by atoms with E-state index in [2.05, 4.69) is 49.8 Å². The molecule has 0 N–H and O–H groups in total. The van der Waals surface area contributed by atoms with Crippen molar-refractivity contribution in [2.24, 2.45) is 23.7 Å². The van der Waals surface area contributed by atoms with Crippen molar-refractivity contribution in [3.8, 4) is 5.75 Å². The van der Waals surface area contributed by atoms with E-state index in [1.807, 2.05) is 87.5 Å². The van der Waals surface area contributed by atoms with Gasteiger partial charge in [0.2, 0.25) is 83.2 Å². The number of benzene rings is 7. The number of carbonyl (C=O) groups is 3. The minimum absolute atomic E-state index is 0.0130. The summed E-state index contributed by atoms with van der Waals surface area (Å²) in [5, 5.41) is -30.8. The fraction of sp³-hybridized carbons (Fsp3) is 0.538. The van der Waals surface area contributed by atoms with Crippen molar-refractivity contribution in [1.29, 1.82) is 0 Å². The van der Waals surface area contributed by atoms with E-state index in [-0.39, 0.29) is 88.8 Å². The average molecular weight is 2340 g/mol. The Morgan fingerprint density at radius 2 is 0.707 bits per heavy atom. The first-order valence-electron chi connectivity index (χ1n) is 45.5. The maximum atomic E-state index is 14.3. The highest BCUT2D eigenvalue weighted by atomic mass is 32.2. The van der Waals surface area contributed by atoms with Crippen LogP contribution in [0.2, 0.25) is 0 Å². The number of halogens is 27. The number of hydrogen-bond acceptors (Lipinski definition) is 19. The Labute approximate surface area is 856 Å². The third-order valence-corrected chi connectivity index (χ3v) is 39.9. The molecule has 7 aromatic rings. The van der Waals surface area contributed by atoms with Gasteiger partial charge in [-0.15, -0.1) is 0 Å². The van der Waals surface area contributed by atoms with Gasteiger partial charge in [0.05, 0.1) is 65.2 Å². The van der Waals surface area contributed by atoms with Crippen LogP contribution in [-0.2, 0) is 123 Å². The summed E-state index contributed by atoms with van der Waals surface area (Å²) in [5.41, 5.74) is 0.661. The average Bonchev–Trinajstić information content (AvgIpc) is 0.716. The first kappa shape index (κ1) is 129. The second-order valence-corrected chi connectivity index (χ2v) is 52.2. The maximum absolute atomic E-state index is 14.3. The van der Waals surface area contributed by atoms with Crippen LogP contribution < -0.4 is 4.74 Å². The van der Waals surface area contributed by atoms with Gasteiger partial charge >= 0.3 is 62.2 Å². The number of methoxy groups -OCH3 is 1. The van der Waals surface area contributed by atoms with Gasteiger partial charge in [0.25, 0.3) is 30.1 Å². The van der Waals surface area contributed by atoms with Gasteiger partial charge in [-0.25, -0.2) is 82.8 Å². The van der Waals surface area contributed by atoms with E-state index in [9.17, 15) is 184 Å². The number of hydrogen-bond donors (Lipinski definition) is 0. The fourth-order valence-electron chi connectivity index (χ4n) is 16.5. The minimum atomic E-state index is -7.25. The molecule has 5 aliphatic rings. The molecule has 3 saturated heterocycles. The van der Waals surface area contributed by atoms with Gasteiger partial charge in [-0.05, 0) is 205 Å². The predicted molar refractivity (Wildman–Crippen MR) is 496 cm³/mol. The van der Waals surface area contributed by atoms with Crippen LogP contribution in [0.15, 0.2) is 145 Å². The van der Waals surface area contributed by atoms with E-state index in [4.69, 9.17) is 14.2 Å². The number of ether oxygens (including phenoxy) is 4. The molecule has 2 saturated carbocycles. The molecule has 8 unspecified atom stereocenters. The lowest BCUT2D eigenvalue weighted by atomic mass is 9.76. The third-order valence-electron chi connectivity index (χ3n) is 24.7. The molecule has 150 heavy (non-hydrogen) atoms. The SMILES string of the molecule is CC(F)(F)S(=O)(=O)N1CCCCC1.CCOC(=O)C(C)(C)[S+](c1ccc(OC)cc1)c1ccc(C(C)(C)C)cc1.CCOC(=O)C(C)[S+](c1c(F)c(F)c(F)c(F)c1F)c1c(F)c(F)c(F)c(F)c1F.CCOC(=O)C(C)[S+](c1ccc(C(F)(F)F)cc1)c1ccc2ccccc2c1.O=S(=O)([O-])C(F)(F)C(F)(F)C(F)(F)S(=O)(=O)N1CCC2CCCCC2C1.O=S(=O)([O-])C(F)(F)C(F)(F)C(F)(F)S(=O)(=O)N1CCC2CCCCC2C1. The first-order valence-corrected chi connectivity index (χ1v) is 56.4. The highest BCUT2D eigenvalue weighted by Crippen LogP contribution is 2.55. The predicted octanol–water partition coefficient (Wildman–Crippen LogP) is 22.1. The minimum Gasteiger partial charge on any atom is -0.743 e. The van der Waals surface area contributed by atoms with Crippen molar-refractivity contribution in [1.82, 2.24) is 12.9 Å². The Morgan fingerprint density at radius 1 is 0.373 bits per heavy atom. The van der Waals surface area contributed by atoms with Crippen LogP contribution in [-0.4, -0.2) is 202 Å². The van der Waals surface area contributed by atoms with Crippen molar-refractivity contribution in [3.63, 3.8) is 0 Å². The number of esters is 3. The number of fused-ring (bicyclic) bond motifs is 3. The molecule has 12 rings (SSSR count). The summed E-state index contributed by atoms with van der Waals surface area (Å²) < 4.78 is 518. The highest BCUT2D eigenvalue weighted by molar-refractivity contribution is 7.99. The van der Waals surface area contributed by atoms with E-state index in [0.29, 0.717) is 63.9 Å². The zero-order valence-corrected chi connectivity index (χ0v) is 88.1. The molecule has 0 spiro atoms. The lowest BCUT2D eigenvalue weighted by Crippen LogP contribution is -2.64. The van der Waals surface area contributed by atoms with Crippen LogP contribution in [0.1, 0.15) is 171 Å². The summed E-state index contributed by atoms with van der Waals surface area (Å²) in [7, 11) is -34.4. The lowest BCUT2D eigenvalue weighted by molar-refractivity contribution is -0.247. The molecule has 0 radical (unpaired) electrons. The Bertz CT molecular complexity index is 6240. The molecule has 842 valence electrons. The van der Waals surface area contributed by atoms with Crippen molar-refractivity contribution in [2.75, 3.05) is 66.2 Å². The summed E-state index contributed by atoms with van der Waals surface area (Å²) >= 11 is 0. The molecule has 2 aliphatic carbocycles. The lowest BCUT2D eigenvalue weighted by Gasteiger charge is -2.42. The number of rotatable bonds is 28. The molecular weight excluding hydrogens is 2230 g/mol. The largest absolute Gasteiger partial charge is 0.743 e.